The van der Waals surface area contributed by atoms with Gasteiger partial charge in [-0.15, -0.1) is 0 Å². The maximum atomic E-state index is 6.40. The van der Waals surface area contributed by atoms with Crippen molar-refractivity contribution in [3.05, 3.63) is 196 Å². The van der Waals surface area contributed by atoms with Crippen LogP contribution in [-0.2, 0) is 17.3 Å². The Balaban J connectivity index is 0.900. The standard InChI is InChI=1S/C54H47NO/c1-53(2)45-22-18-34(35-20-25-52-44(28-35)43-27-33(19-24-51(43)56-52)32-12-6-5-7-13-32)26-39(45)41-30-42-40-29-36(21-23-46(40)54(3,4)48(42)31-47(41)53)55-49-16-10-8-14-37(49)38-15-9-11-17-50(38)55/h5-27,29,31,35,37,41-42,48-49H,28,30H2,1-4H3. The van der Waals surface area contributed by atoms with E-state index in [4.69, 9.17) is 4.42 Å². The molecule has 2 heterocycles. The lowest BCUT2D eigenvalue weighted by atomic mass is 9.66. The normalized spacial score (nSPS) is 26.6. The molecule has 0 bridgehead atoms. The fourth-order valence-corrected chi connectivity index (χ4v) is 12.2. The fourth-order valence-electron chi connectivity index (χ4n) is 12.2. The van der Waals surface area contributed by atoms with E-state index in [1.807, 2.05) is 0 Å². The van der Waals surface area contributed by atoms with Gasteiger partial charge in [0, 0.05) is 45.5 Å². The lowest BCUT2D eigenvalue weighted by molar-refractivity contribution is 0.326. The van der Waals surface area contributed by atoms with Crippen LogP contribution < -0.4 is 4.90 Å². The summed E-state index contributed by atoms with van der Waals surface area (Å²) in [5.74, 6) is 3.12. The lowest BCUT2D eigenvalue weighted by Gasteiger charge is -2.38. The molecule has 5 aliphatic carbocycles. The number of fused-ring (bicyclic) bond motifs is 12. The second kappa shape index (κ2) is 11.5. The second-order valence-electron chi connectivity index (χ2n) is 18.4. The largest absolute Gasteiger partial charge is 0.456 e. The molecular weight excluding hydrogens is 679 g/mol. The molecule has 274 valence electrons. The summed E-state index contributed by atoms with van der Waals surface area (Å²) in [5.41, 5.74) is 18.2. The van der Waals surface area contributed by atoms with Gasteiger partial charge in [-0.1, -0.05) is 149 Å². The molecule has 1 aromatic heterocycles. The molecule has 0 amide bonds. The summed E-state index contributed by atoms with van der Waals surface area (Å²) < 4.78 is 6.40. The first-order chi connectivity index (χ1) is 27.3. The van der Waals surface area contributed by atoms with E-state index in [-0.39, 0.29) is 10.8 Å². The topological polar surface area (TPSA) is 16.4 Å². The first-order valence-corrected chi connectivity index (χ1v) is 20.8. The zero-order chi connectivity index (χ0) is 37.5. The minimum Gasteiger partial charge on any atom is -0.456 e. The summed E-state index contributed by atoms with van der Waals surface area (Å²) in [6.07, 6.45) is 18.7. The molecule has 0 fully saturated rings. The van der Waals surface area contributed by atoms with Crippen molar-refractivity contribution in [3.8, 4) is 11.1 Å². The minimum atomic E-state index is 0.0127. The van der Waals surface area contributed by atoms with Crippen LogP contribution in [0.25, 0.3) is 28.2 Å². The van der Waals surface area contributed by atoms with E-state index in [2.05, 4.69) is 184 Å². The van der Waals surface area contributed by atoms with Crippen molar-refractivity contribution in [2.75, 3.05) is 4.90 Å². The molecule has 6 atom stereocenters. The molecule has 6 unspecified atom stereocenters. The number of hydrogen-bond donors (Lipinski definition) is 0. The van der Waals surface area contributed by atoms with E-state index in [1.165, 1.54) is 62.1 Å². The molecule has 6 aromatic rings. The van der Waals surface area contributed by atoms with E-state index in [0.717, 1.165) is 17.8 Å². The van der Waals surface area contributed by atoms with Crippen molar-refractivity contribution >= 4 is 28.4 Å². The van der Waals surface area contributed by atoms with Crippen LogP contribution in [0.3, 0.4) is 0 Å². The maximum Gasteiger partial charge on any atom is 0.135 e. The molecule has 12 rings (SSSR count). The number of furan rings is 1. The molecule has 0 spiro atoms. The molecule has 56 heavy (non-hydrogen) atoms. The van der Waals surface area contributed by atoms with Crippen LogP contribution in [0.5, 0.6) is 0 Å². The summed E-state index contributed by atoms with van der Waals surface area (Å²) in [6, 6.07) is 41.7. The van der Waals surface area contributed by atoms with Gasteiger partial charge in [0.2, 0.25) is 0 Å². The second-order valence-corrected chi connectivity index (χ2v) is 18.4. The Labute approximate surface area is 330 Å². The van der Waals surface area contributed by atoms with E-state index in [1.54, 1.807) is 16.7 Å². The highest BCUT2D eigenvalue weighted by atomic mass is 16.3. The number of allylic oxidation sites excluding steroid dienone is 5. The Morgan fingerprint density at radius 1 is 0.696 bits per heavy atom. The van der Waals surface area contributed by atoms with Gasteiger partial charge in [-0.2, -0.15) is 0 Å². The quantitative estimate of drug-likeness (QED) is 0.169. The smallest absolute Gasteiger partial charge is 0.135 e. The Hall–Kier alpha value is -5.60. The summed E-state index contributed by atoms with van der Waals surface area (Å²) >= 11 is 0. The zero-order valence-electron chi connectivity index (χ0n) is 32.7. The lowest BCUT2D eigenvalue weighted by Crippen LogP contribution is -2.30. The molecule has 5 aromatic carbocycles. The van der Waals surface area contributed by atoms with Crippen molar-refractivity contribution in [3.63, 3.8) is 0 Å². The Kier molecular flexibility index (Phi) is 6.69. The Bertz CT molecular complexity index is 2750. The third-order valence-electron chi connectivity index (χ3n) is 15.0. The van der Waals surface area contributed by atoms with Crippen LogP contribution in [-0.4, -0.2) is 6.04 Å². The number of hydrogen-bond acceptors (Lipinski definition) is 2. The maximum absolute atomic E-state index is 6.40. The predicted molar refractivity (Wildman–Crippen MR) is 231 cm³/mol. The van der Waals surface area contributed by atoms with Gasteiger partial charge in [0.25, 0.3) is 0 Å². The molecule has 0 N–H and O–H groups in total. The molecule has 2 nitrogen and oxygen atoms in total. The SMILES string of the molecule is CC1(C)C2=CC3C(CC2c2cc(C4C=Cc5oc6ccc(-c7ccccc7)cc6c5C4)ccc21)c1cc(N2c4ccccc4C4C=CC=CC42)ccc1C3(C)C. The van der Waals surface area contributed by atoms with Gasteiger partial charge in [0.05, 0.1) is 6.04 Å². The van der Waals surface area contributed by atoms with E-state index in [9.17, 15) is 0 Å². The molecule has 6 aliphatic rings. The number of para-hydroxylation sites is 1. The molecular formula is C54H47NO. The zero-order valence-corrected chi connectivity index (χ0v) is 32.7. The summed E-state index contributed by atoms with van der Waals surface area (Å²) in [5, 5.41) is 1.24. The highest BCUT2D eigenvalue weighted by molar-refractivity contribution is 5.90. The van der Waals surface area contributed by atoms with Crippen LogP contribution in [0.4, 0.5) is 11.4 Å². The molecule has 0 radical (unpaired) electrons. The van der Waals surface area contributed by atoms with Gasteiger partial charge in [-0.05, 0) is 111 Å². The van der Waals surface area contributed by atoms with Crippen molar-refractivity contribution < 1.29 is 4.42 Å². The summed E-state index contributed by atoms with van der Waals surface area (Å²) in [7, 11) is 0. The van der Waals surface area contributed by atoms with Crippen LogP contribution in [0.15, 0.2) is 156 Å². The average Bonchev–Trinajstić information content (AvgIpc) is 3.90. The molecule has 0 saturated heterocycles. The van der Waals surface area contributed by atoms with Crippen LogP contribution in [0, 0.1) is 5.92 Å². The third kappa shape index (κ3) is 4.45. The van der Waals surface area contributed by atoms with Crippen molar-refractivity contribution in [2.45, 2.75) is 81.1 Å². The van der Waals surface area contributed by atoms with Gasteiger partial charge < -0.3 is 9.32 Å². The molecule has 0 saturated carbocycles. The van der Waals surface area contributed by atoms with Crippen molar-refractivity contribution in [1.29, 1.82) is 0 Å². The van der Waals surface area contributed by atoms with Gasteiger partial charge in [0.15, 0.2) is 0 Å². The van der Waals surface area contributed by atoms with E-state index >= 15 is 0 Å². The van der Waals surface area contributed by atoms with Crippen molar-refractivity contribution in [1.82, 2.24) is 0 Å². The number of rotatable bonds is 3. The monoisotopic (exact) mass is 725 g/mol. The van der Waals surface area contributed by atoms with Crippen LogP contribution >= 0.6 is 0 Å². The van der Waals surface area contributed by atoms with Gasteiger partial charge in [-0.25, -0.2) is 0 Å². The minimum absolute atomic E-state index is 0.0127. The Morgan fingerprint density at radius 3 is 2.41 bits per heavy atom. The van der Waals surface area contributed by atoms with Gasteiger partial charge >= 0.3 is 0 Å². The Morgan fingerprint density at radius 2 is 1.52 bits per heavy atom. The average molecular weight is 726 g/mol. The number of benzene rings is 5. The molecule has 1 aliphatic heterocycles. The first-order valence-electron chi connectivity index (χ1n) is 20.8. The predicted octanol–water partition coefficient (Wildman–Crippen LogP) is 13.6. The number of anilines is 2. The van der Waals surface area contributed by atoms with Gasteiger partial charge in [0.1, 0.15) is 11.3 Å². The van der Waals surface area contributed by atoms with Gasteiger partial charge in [-0.3, -0.25) is 0 Å². The highest BCUT2D eigenvalue weighted by Crippen LogP contribution is 2.64. The summed E-state index contributed by atoms with van der Waals surface area (Å²) in [6.45, 7) is 9.96. The summed E-state index contributed by atoms with van der Waals surface area (Å²) in [4.78, 5) is 2.61. The van der Waals surface area contributed by atoms with Crippen molar-refractivity contribution in [2.24, 2.45) is 5.92 Å². The van der Waals surface area contributed by atoms with Crippen LogP contribution in [0.1, 0.15) is 102 Å². The van der Waals surface area contributed by atoms with E-state index < -0.39 is 0 Å². The molecule has 2 heteroatoms. The highest BCUT2D eigenvalue weighted by Gasteiger charge is 2.53. The number of nitrogens with zero attached hydrogens (tertiary/aromatic N) is 1. The fraction of sp³-hybridized carbons (Fsp3) is 0.259. The van der Waals surface area contributed by atoms with E-state index in [0.29, 0.717) is 35.6 Å². The van der Waals surface area contributed by atoms with Crippen LogP contribution in [0.2, 0.25) is 0 Å². The third-order valence-corrected chi connectivity index (χ3v) is 15.0. The first kappa shape index (κ1) is 32.6.